The predicted molar refractivity (Wildman–Crippen MR) is 140 cm³/mol. The number of fused-ring (bicyclic) bond motifs is 2. The topological polar surface area (TPSA) is 87.1 Å². The first-order valence-corrected chi connectivity index (χ1v) is 13.7. The molecule has 9 heteroatoms. The van der Waals surface area contributed by atoms with Gasteiger partial charge in [-0.3, -0.25) is 14.4 Å². The molecular formula is C27H31ClN2O5S. The molecule has 0 radical (unpaired) electrons. The van der Waals surface area contributed by atoms with E-state index in [1.807, 2.05) is 25.2 Å². The van der Waals surface area contributed by atoms with Crippen molar-refractivity contribution >= 4 is 46.8 Å². The number of hydrogen-bond acceptors (Lipinski definition) is 6. The Hall–Kier alpha value is -2.29. The number of benzene rings is 1. The Morgan fingerprint density at radius 3 is 2.61 bits per heavy atom. The quantitative estimate of drug-likeness (QED) is 0.473. The zero-order valence-corrected chi connectivity index (χ0v) is 21.8. The number of allylic oxidation sites excluding steroid dienone is 1. The van der Waals surface area contributed by atoms with Gasteiger partial charge in [0, 0.05) is 35.2 Å². The summed E-state index contributed by atoms with van der Waals surface area (Å²) in [6, 6.07) is 6.25. The van der Waals surface area contributed by atoms with E-state index in [0.717, 1.165) is 19.3 Å². The molecule has 0 aliphatic carbocycles. The van der Waals surface area contributed by atoms with Gasteiger partial charge in [0.15, 0.2) is 0 Å². The highest BCUT2D eigenvalue weighted by Gasteiger charge is 2.73. The summed E-state index contributed by atoms with van der Waals surface area (Å²) >= 11 is 7.61. The third-order valence-corrected chi connectivity index (χ3v) is 9.74. The van der Waals surface area contributed by atoms with Gasteiger partial charge in [0.25, 0.3) is 5.91 Å². The van der Waals surface area contributed by atoms with Crippen LogP contribution in [0.25, 0.3) is 0 Å². The Balaban J connectivity index is 1.62. The van der Waals surface area contributed by atoms with Crippen molar-refractivity contribution in [2.24, 2.45) is 11.8 Å². The van der Waals surface area contributed by atoms with Crippen LogP contribution in [0.15, 0.2) is 48.6 Å². The monoisotopic (exact) mass is 530 g/mol. The van der Waals surface area contributed by atoms with E-state index in [9.17, 15) is 19.5 Å². The first-order chi connectivity index (χ1) is 17.3. The highest BCUT2D eigenvalue weighted by Crippen LogP contribution is 2.65. The lowest BCUT2D eigenvalue weighted by molar-refractivity contribution is -0.154. The van der Waals surface area contributed by atoms with Gasteiger partial charge in [-0.1, -0.05) is 35.9 Å². The summed E-state index contributed by atoms with van der Waals surface area (Å²) in [5.41, 5.74) is 0.691. The normalized spacial score (nSPS) is 35.1. The molecule has 2 fully saturated rings. The van der Waals surface area contributed by atoms with E-state index in [2.05, 4.69) is 6.08 Å². The van der Waals surface area contributed by atoms with Gasteiger partial charge < -0.3 is 19.6 Å². The lowest BCUT2D eigenvalue weighted by atomic mass is 9.74. The lowest BCUT2D eigenvalue weighted by Crippen LogP contribution is -2.53. The molecule has 5 rings (SSSR count). The summed E-state index contributed by atoms with van der Waals surface area (Å²) in [4.78, 5) is 45.1. The molecule has 1 N–H and O–H groups in total. The molecule has 0 bridgehead atoms. The zero-order chi connectivity index (χ0) is 25.5. The molecule has 4 aliphatic heterocycles. The Bertz CT molecular complexity index is 1110. The fourth-order valence-corrected chi connectivity index (χ4v) is 8.41. The predicted octanol–water partition coefficient (Wildman–Crippen LogP) is 3.60. The molecule has 1 spiro atoms. The zero-order valence-electron chi connectivity index (χ0n) is 20.3. The number of cyclic esters (lactones) is 1. The molecule has 0 saturated carbocycles. The van der Waals surface area contributed by atoms with Gasteiger partial charge in [-0.15, -0.1) is 11.8 Å². The molecule has 2 amide bonds. The molecule has 192 valence electrons. The minimum Gasteiger partial charge on any atom is -0.465 e. The van der Waals surface area contributed by atoms with E-state index in [1.54, 1.807) is 34.1 Å². The number of thioether (sulfide) groups is 1. The maximum Gasteiger partial charge on any atom is 0.311 e. The summed E-state index contributed by atoms with van der Waals surface area (Å²) in [6.07, 6.45) is 11.0. The van der Waals surface area contributed by atoms with Crippen molar-refractivity contribution in [3.05, 3.63) is 53.6 Å². The summed E-state index contributed by atoms with van der Waals surface area (Å²) in [5.74, 6) is -2.26. The summed E-state index contributed by atoms with van der Waals surface area (Å²) in [5, 5.41) is 10.1. The highest BCUT2D eigenvalue weighted by atomic mass is 35.5. The summed E-state index contributed by atoms with van der Waals surface area (Å²) < 4.78 is 4.05. The number of nitrogens with zero attached hydrogens (tertiary/aromatic N) is 2. The number of rotatable bonds is 4. The third-order valence-electron chi connectivity index (χ3n) is 7.70. The number of likely N-dealkylation sites (tertiary alicyclic amines) is 1. The van der Waals surface area contributed by atoms with Gasteiger partial charge in [-0.05, 0) is 56.9 Å². The number of carbonyl (C=O) groups excluding carboxylic acids is 3. The van der Waals surface area contributed by atoms with E-state index in [1.165, 1.54) is 11.8 Å². The van der Waals surface area contributed by atoms with Crippen molar-refractivity contribution in [1.82, 2.24) is 4.90 Å². The average molecular weight is 531 g/mol. The second-order valence-corrected chi connectivity index (χ2v) is 12.2. The molecule has 1 aromatic carbocycles. The van der Waals surface area contributed by atoms with Gasteiger partial charge in [0.2, 0.25) is 5.91 Å². The summed E-state index contributed by atoms with van der Waals surface area (Å²) in [7, 11) is 0. The molecule has 4 heterocycles. The van der Waals surface area contributed by atoms with Crippen molar-refractivity contribution in [2.45, 2.75) is 48.1 Å². The Morgan fingerprint density at radius 1 is 1.08 bits per heavy atom. The molecule has 7 nitrogen and oxygen atoms in total. The van der Waals surface area contributed by atoms with Crippen LogP contribution in [0.4, 0.5) is 5.69 Å². The van der Waals surface area contributed by atoms with Crippen LogP contribution in [0.5, 0.6) is 0 Å². The molecule has 36 heavy (non-hydrogen) atoms. The number of anilines is 1. The fourth-order valence-electron chi connectivity index (χ4n) is 6.13. The van der Waals surface area contributed by atoms with Crippen LogP contribution in [0.2, 0.25) is 5.02 Å². The third kappa shape index (κ3) is 4.07. The number of ether oxygens (including phenoxy) is 1. The molecule has 4 aliphatic rings. The van der Waals surface area contributed by atoms with Crippen molar-refractivity contribution < 1.29 is 24.2 Å². The average Bonchev–Trinajstić information content (AvgIpc) is 3.18. The minimum absolute atomic E-state index is 0.0990. The molecule has 2 saturated heterocycles. The molecule has 1 aromatic rings. The number of halogens is 1. The number of amides is 2. The van der Waals surface area contributed by atoms with Gasteiger partial charge in [-0.25, -0.2) is 0 Å². The first-order valence-electron chi connectivity index (χ1n) is 12.5. The van der Waals surface area contributed by atoms with E-state index in [-0.39, 0.29) is 30.9 Å². The number of hydrogen-bond donors (Lipinski definition) is 1. The number of carbonyl (C=O) groups is 3. The first kappa shape index (κ1) is 25.4. The SMILES string of the molecule is C[C@@]12/C=C\CCCCOC(=O)[C@@H]1[C@H]1C(=O)N(CCCO)C3C(=O)N(c4ccc(Cl)cc4)CC=C[C@@]31S2. The second kappa shape index (κ2) is 9.88. The van der Waals surface area contributed by atoms with Gasteiger partial charge in [-0.2, -0.15) is 0 Å². The van der Waals surface area contributed by atoms with Crippen LogP contribution < -0.4 is 4.90 Å². The van der Waals surface area contributed by atoms with Crippen molar-refractivity contribution in [2.75, 3.05) is 31.2 Å². The van der Waals surface area contributed by atoms with Gasteiger partial charge in [0.1, 0.15) is 6.04 Å². The van der Waals surface area contributed by atoms with Gasteiger partial charge in [0.05, 0.1) is 23.2 Å². The second-order valence-electron chi connectivity index (χ2n) is 10.00. The minimum atomic E-state index is -0.929. The van der Waals surface area contributed by atoms with Crippen molar-refractivity contribution in [3.63, 3.8) is 0 Å². The maximum absolute atomic E-state index is 14.3. The lowest BCUT2D eigenvalue weighted by Gasteiger charge is -2.37. The van der Waals surface area contributed by atoms with E-state index in [0.29, 0.717) is 30.3 Å². The van der Waals surface area contributed by atoms with E-state index < -0.39 is 27.4 Å². The standard InChI is InChI=1S/C27H31ClN2O5S/c1-26-12-4-2-3-5-17-35-25(34)21(26)20-23(32)30(15-7-16-31)22-24(33)29(14-6-13-27(20,22)36-26)19-10-8-18(28)9-11-19/h4,6,8-13,20-22,31H,2-3,5,7,14-17H2,1H3/b12-4-/t20-,21-,22?,26+,27-/m0/s1. The number of esters is 1. The smallest absolute Gasteiger partial charge is 0.311 e. The van der Waals surface area contributed by atoms with Crippen LogP contribution in [0.1, 0.15) is 32.6 Å². The van der Waals surface area contributed by atoms with Crippen LogP contribution in [0, 0.1) is 11.8 Å². The van der Waals surface area contributed by atoms with Crippen LogP contribution in [0.3, 0.4) is 0 Å². The largest absolute Gasteiger partial charge is 0.465 e. The molecular weight excluding hydrogens is 500 g/mol. The Kier molecular flexibility index (Phi) is 6.96. The Labute approximate surface area is 220 Å². The van der Waals surface area contributed by atoms with Crippen LogP contribution in [-0.2, 0) is 19.1 Å². The number of aliphatic hydroxyl groups excluding tert-OH is 1. The molecule has 1 unspecified atom stereocenters. The Morgan fingerprint density at radius 2 is 1.86 bits per heavy atom. The van der Waals surface area contributed by atoms with Gasteiger partial charge >= 0.3 is 5.97 Å². The molecule has 0 aromatic heterocycles. The maximum atomic E-state index is 14.3. The highest BCUT2D eigenvalue weighted by molar-refractivity contribution is 8.02. The summed E-state index contributed by atoms with van der Waals surface area (Å²) in [6.45, 7) is 2.79. The van der Waals surface area contributed by atoms with E-state index >= 15 is 0 Å². The van der Waals surface area contributed by atoms with Crippen molar-refractivity contribution in [1.29, 1.82) is 0 Å². The van der Waals surface area contributed by atoms with Crippen LogP contribution in [-0.4, -0.2) is 69.6 Å². The van der Waals surface area contributed by atoms with Crippen LogP contribution >= 0.6 is 23.4 Å². The fraction of sp³-hybridized carbons (Fsp3) is 0.519. The molecule has 5 atom stereocenters. The number of aliphatic hydroxyl groups is 1. The van der Waals surface area contributed by atoms with Crippen molar-refractivity contribution in [3.8, 4) is 0 Å². The van der Waals surface area contributed by atoms with E-state index in [4.69, 9.17) is 16.3 Å².